The zero-order valence-electron chi connectivity index (χ0n) is 20.8. The van der Waals surface area contributed by atoms with Crippen molar-refractivity contribution in [2.24, 2.45) is 0 Å². The summed E-state index contributed by atoms with van der Waals surface area (Å²) in [5.74, 6) is -0.343. The molecule has 0 unspecified atom stereocenters. The van der Waals surface area contributed by atoms with Crippen LogP contribution >= 0.6 is 22.9 Å². The number of ether oxygens (including phenoxy) is 1. The van der Waals surface area contributed by atoms with Crippen LogP contribution in [0.15, 0.2) is 49.1 Å². The van der Waals surface area contributed by atoms with E-state index in [0.29, 0.717) is 54.0 Å². The highest BCUT2D eigenvalue weighted by molar-refractivity contribution is 7.93. The molecule has 5 heterocycles. The van der Waals surface area contributed by atoms with Gasteiger partial charge in [-0.05, 0) is 37.1 Å². The Labute approximate surface area is 234 Å². The molecule has 6 rings (SSSR count). The number of nitrogens with zero attached hydrogens (tertiary/aromatic N) is 5. The van der Waals surface area contributed by atoms with E-state index in [9.17, 15) is 13.2 Å². The van der Waals surface area contributed by atoms with E-state index < -0.39 is 16.1 Å². The van der Waals surface area contributed by atoms with Crippen LogP contribution in [0.3, 0.4) is 0 Å². The molecule has 2 N–H and O–H groups in total. The van der Waals surface area contributed by atoms with Crippen molar-refractivity contribution in [2.45, 2.75) is 24.1 Å². The minimum Gasteiger partial charge on any atom is -0.379 e. The van der Waals surface area contributed by atoms with Gasteiger partial charge < -0.3 is 10.1 Å². The van der Waals surface area contributed by atoms with Crippen LogP contribution in [-0.2, 0) is 14.8 Å². The van der Waals surface area contributed by atoms with Crippen molar-refractivity contribution in [1.82, 2.24) is 29.8 Å². The molecule has 1 saturated heterocycles. The van der Waals surface area contributed by atoms with Gasteiger partial charge in [0.05, 0.1) is 52.5 Å². The molecule has 1 amide bonds. The fourth-order valence-electron chi connectivity index (χ4n) is 4.45. The Morgan fingerprint density at radius 2 is 2.00 bits per heavy atom. The lowest BCUT2D eigenvalue weighted by Crippen LogP contribution is -2.43. The topological polar surface area (TPSA) is 131 Å². The van der Waals surface area contributed by atoms with Crippen molar-refractivity contribution < 1.29 is 17.9 Å². The van der Waals surface area contributed by atoms with E-state index in [4.69, 9.17) is 16.3 Å². The van der Waals surface area contributed by atoms with Gasteiger partial charge in [-0.1, -0.05) is 11.6 Å². The van der Waals surface area contributed by atoms with Crippen LogP contribution in [0, 0.1) is 0 Å². The third-order valence-electron chi connectivity index (χ3n) is 6.66. The Balaban J connectivity index is 1.24. The van der Waals surface area contributed by atoms with Gasteiger partial charge in [-0.3, -0.25) is 19.4 Å². The number of rotatable bonds is 9. The quantitative estimate of drug-likeness (QED) is 0.305. The third-order valence-corrected chi connectivity index (χ3v) is 9.79. The number of carbonyl (C=O) groups excluding carboxylic acids is 1. The maximum absolute atomic E-state index is 13.4. The molecule has 39 heavy (non-hydrogen) atoms. The summed E-state index contributed by atoms with van der Waals surface area (Å²) >= 11 is 7.44. The number of halogens is 1. The van der Waals surface area contributed by atoms with E-state index in [2.05, 4.69) is 30.0 Å². The Kier molecular flexibility index (Phi) is 7.25. The van der Waals surface area contributed by atoms with E-state index in [0.717, 1.165) is 29.0 Å². The van der Waals surface area contributed by atoms with Gasteiger partial charge in [0.25, 0.3) is 5.91 Å². The summed E-state index contributed by atoms with van der Waals surface area (Å²) in [5.41, 5.74) is 2.63. The van der Waals surface area contributed by atoms with Crippen LogP contribution in [0.1, 0.15) is 34.4 Å². The summed E-state index contributed by atoms with van der Waals surface area (Å²) < 4.78 is 34.8. The normalized spacial score (nSPS) is 17.3. The Bertz CT molecular complexity index is 1610. The van der Waals surface area contributed by atoms with Gasteiger partial charge in [-0.2, -0.15) is 5.10 Å². The van der Waals surface area contributed by atoms with Crippen molar-refractivity contribution in [3.63, 3.8) is 0 Å². The van der Waals surface area contributed by atoms with Crippen LogP contribution in [0.4, 0.5) is 5.69 Å². The number of aromatic nitrogens is 4. The molecule has 204 valence electrons. The monoisotopic (exact) mass is 587 g/mol. The molecular weight excluding hydrogens is 562 g/mol. The Morgan fingerprint density at radius 1 is 1.18 bits per heavy atom. The number of fused-ring (bicyclic) bond motifs is 1. The van der Waals surface area contributed by atoms with Crippen molar-refractivity contribution >= 4 is 50.1 Å². The molecule has 1 aliphatic carbocycles. The van der Waals surface area contributed by atoms with Crippen molar-refractivity contribution in [3.8, 4) is 10.4 Å². The van der Waals surface area contributed by atoms with E-state index in [1.807, 2.05) is 6.07 Å². The molecule has 2 fully saturated rings. The second-order valence-electron chi connectivity index (χ2n) is 9.52. The second kappa shape index (κ2) is 10.8. The minimum absolute atomic E-state index is 0.295. The molecule has 0 radical (unpaired) electrons. The lowest BCUT2D eigenvalue weighted by Gasteiger charge is -2.30. The molecule has 1 saturated carbocycles. The zero-order chi connectivity index (χ0) is 27.0. The minimum atomic E-state index is -3.43. The van der Waals surface area contributed by atoms with Gasteiger partial charge in [0.2, 0.25) is 10.0 Å². The molecule has 0 bridgehead atoms. The number of amides is 1. The number of hydrogen-bond donors (Lipinski definition) is 2. The first-order valence-corrected chi connectivity index (χ1v) is 15.3. The van der Waals surface area contributed by atoms with Crippen molar-refractivity contribution in [1.29, 1.82) is 0 Å². The summed E-state index contributed by atoms with van der Waals surface area (Å²) in [6.07, 6.45) is 8.04. The largest absolute Gasteiger partial charge is 0.379 e. The SMILES string of the molecule is O=C(N[C@@H](CN1CCOCC1)c1cc(NS(=O)(=O)C2CC2)ccn1)c1ncc(-c2cnn3ccc(Cl)cc23)s1. The number of anilines is 1. The van der Waals surface area contributed by atoms with E-state index >= 15 is 0 Å². The van der Waals surface area contributed by atoms with Crippen molar-refractivity contribution in [2.75, 3.05) is 37.6 Å². The molecule has 1 aliphatic heterocycles. The predicted molar refractivity (Wildman–Crippen MR) is 149 cm³/mol. The van der Waals surface area contributed by atoms with Crippen LogP contribution in [0.2, 0.25) is 5.02 Å². The van der Waals surface area contributed by atoms with Gasteiger partial charge in [-0.25, -0.2) is 17.9 Å². The molecule has 14 heteroatoms. The Hall–Kier alpha value is -3.10. The number of carbonyl (C=O) groups is 1. The van der Waals surface area contributed by atoms with Gasteiger partial charge in [0.1, 0.15) is 0 Å². The number of nitrogens with one attached hydrogen (secondary N) is 2. The summed E-state index contributed by atoms with van der Waals surface area (Å²) in [4.78, 5) is 25.2. The molecule has 2 aliphatic rings. The van der Waals surface area contributed by atoms with Crippen molar-refractivity contribution in [3.05, 3.63) is 64.8 Å². The summed E-state index contributed by atoms with van der Waals surface area (Å²) in [6, 6.07) is 6.38. The molecule has 1 atom stereocenters. The number of thiazole rings is 1. The van der Waals surface area contributed by atoms with Crippen LogP contribution < -0.4 is 10.0 Å². The number of sulfonamides is 1. The van der Waals surface area contributed by atoms with Gasteiger partial charge in [-0.15, -0.1) is 11.3 Å². The van der Waals surface area contributed by atoms with E-state index in [1.54, 1.807) is 47.5 Å². The molecule has 4 aromatic rings. The highest BCUT2D eigenvalue weighted by atomic mass is 35.5. The number of pyridine rings is 2. The lowest BCUT2D eigenvalue weighted by molar-refractivity contribution is 0.0330. The second-order valence-corrected chi connectivity index (χ2v) is 12.9. The fraction of sp³-hybridized carbons (Fsp3) is 0.360. The van der Waals surface area contributed by atoms with E-state index in [-0.39, 0.29) is 11.2 Å². The zero-order valence-corrected chi connectivity index (χ0v) is 23.2. The molecule has 4 aromatic heterocycles. The van der Waals surface area contributed by atoms with Gasteiger partial charge in [0.15, 0.2) is 5.01 Å². The first-order chi connectivity index (χ1) is 18.9. The number of morpholine rings is 1. The van der Waals surface area contributed by atoms with Crippen LogP contribution in [0.5, 0.6) is 0 Å². The molecule has 11 nitrogen and oxygen atoms in total. The fourth-order valence-corrected chi connectivity index (χ4v) is 6.83. The highest BCUT2D eigenvalue weighted by Gasteiger charge is 2.36. The average Bonchev–Trinajstić information content (AvgIpc) is 3.55. The van der Waals surface area contributed by atoms with Crippen LogP contribution in [-0.4, -0.2) is 76.9 Å². The molecule has 0 spiro atoms. The lowest BCUT2D eigenvalue weighted by atomic mass is 10.1. The molecule has 0 aromatic carbocycles. The summed E-state index contributed by atoms with van der Waals surface area (Å²) in [5, 5.41) is 7.97. The Morgan fingerprint density at radius 3 is 2.79 bits per heavy atom. The highest BCUT2D eigenvalue weighted by Crippen LogP contribution is 2.32. The maximum atomic E-state index is 13.4. The number of hydrogen-bond acceptors (Lipinski definition) is 9. The molecular formula is C25H26ClN7O4S2. The van der Waals surface area contributed by atoms with E-state index in [1.165, 1.54) is 11.3 Å². The van der Waals surface area contributed by atoms with Gasteiger partial charge in [0, 0.05) is 48.8 Å². The first kappa shape index (κ1) is 26.1. The maximum Gasteiger partial charge on any atom is 0.280 e. The summed E-state index contributed by atoms with van der Waals surface area (Å²) in [7, 11) is -3.43. The first-order valence-electron chi connectivity index (χ1n) is 12.5. The third kappa shape index (κ3) is 5.92. The predicted octanol–water partition coefficient (Wildman–Crippen LogP) is 3.21. The van der Waals surface area contributed by atoms with Crippen LogP contribution in [0.25, 0.3) is 16.0 Å². The smallest absolute Gasteiger partial charge is 0.280 e. The standard InChI is InChI=1S/C25H26ClN7O4S2/c26-16-4-6-33-22(11-16)19(13-29-33)23-14-28-25(38-23)24(34)30-21(15-32-7-9-37-10-8-32)20-12-17(3-5-27-20)31-39(35,36)18-1-2-18/h3-6,11-14,18,21H,1-2,7-10,15H2,(H,27,31)(H,30,34)/t21-/m0/s1. The van der Waals surface area contributed by atoms with Gasteiger partial charge >= 0.3 is 0 Å². The average molecular weight is 588 g/mol. The summed E-state index contributed by atoms with van der Waals surface area (Å²) in [6.45, 7) is 3.15.